The number of nitrogens with one attached hydrogen (secondary N) is 2. The Kier molecular flexibility index (Phi) is 7.25. The highest BCUT2D eigenvalue weighted by Gasteiger charge is 2.44. The molecule has 2 N–H and O–H groups in total. The molecular formula is C21H27N3O5S. The minimum absolute atomic E-state index is 0.0791. The van der Waals surface area contributed by atoms with Crippen LogP contribution in [0.1, 0.15) is 31.2 Å². The molecule has 162 valence electrons. The Bertz CT molecular complexity index is 831. The number of methoxy groups -OCH3 is 2. The Morgan fingerprint density at radius 2 is 2.03 bits per heavy atom. The summed E-state index contributed by atoms with van der Waals surface area (Å²) in [6.07, 6.45) is 1.87. The summed E-state index contributed by atoms with van der Waals surface area (Å²) in [5.41, 5.74) is 0.879. The molecule has 3 rings (SSSR count). The van der Waals surface area contributed by atoms with Crippen LogP contribution in [-0.4, -0.2) is 54.6 Å². The van der Waals surface area contributed by atoms with Gasteiger partial charge in [0, 0.05) is 31.1 Å². The lowest BCUT2D eigenvalue weighted by Crippen LogP contribution is -2.62. The standard InChI is InChI=1S/C21H27N3O5S/c1-28-17-6-4-3-5-14(17)12-22-18(25)9-10-24-19(26)15-8-7-13(20(27)29-2)11-16(15)23-21(24)30/h3-6,13,15-16H,7-12H2,1-2H3,(H,22,25)(H,23,30). The van der Waals surface area contributed by atoms with E-state index in [0.717, 1.165) is 5.56 Å². The van der Waals surface area contributed by atoms with Crippen molar-refractivity contribution in [2.75, 3.05) is 20.8 Å². The summed E-state index contributed by atoms with van der Waals surface area (Å²) in [6.45, 7) is 0.561. The SMILES string of the molecule is COC(=O)C1CCC2C(=O)N(CCC(=O)NCc3ccccc3OC)C(=S)NC2C1. The van der Waals surface area contributed by atoms with Crippen molar-refractivity contribution in [1.29, 1.82) is 0 Å². The molecule has 1 aromatic rings. The van der Waals surface area contributed by atoms with Gasteiger partial charge in [0.15, 0.2) is 5.11 Å². The second-order valence-corrected chi connectivity index (χ2v) is 7.91. The van der Waals surface area contributed by atoms with Gasteiger partial charge in [0.25, 0.3) is 0 Å². The molecule has 0 spiro atoms. The maximum Gasteiger partial charge on any atom is 0.308 e. The molecule has 0 aromatic heterocycles. The maximum absolute atomic E-state index is 12.9. The molecule has 8 nitrogen and oxygen atoms in total. The van der Waals surface area contributed by atoms with Gasteiger partial charge >= 0.3 is 5.97 Å². The van der Waals surface area contributed by atoms with Crippen LogP contribution in [0.2, 0.25) is 0 Å². The molecule has 9 heteroatoms. The second kappa shape index (κ2) is 9.88. The highest BCUT2D eigenvalue weighted by molar-refractivity contribution is 7.80. The number of esters is 1. The molecule has 2 aliphatic rings. The van der Waals surface area contributed by atoms with Gasteiger partial charge in [-0.15, -0.1) is 0 Å². The summed E-state index contributed by atoms with van der Waals surface area (Å²) < 4.78 is 10.1. The quantitative estimate of drug-likeness (QED) is 0.495. The maximum atomic E-state index is 12.9. The predicted molar refractivity (Wildman–Crippen MR) is 114 cm³/mol. The third-order valence-corrected chi connectivity index (χ3v) is 6.09. The zero-order valence-electron chi connectivity index (χ0n) is 17.2. The van der Waals surface area contributed by atoms with Gasteiger partial charge in [0.1, 0.15) is 5.75 Å². The van der Waals surface area contributed by atoms with Crippen LogP contribution >= 0.6 is 12.2 Å². The number of hydrogen-bond donors (Lipinski definition) is 2. The van der Waals surface area contributed by atoms with Gasteiger partial charge in [-0.3, -0.25) is 19.3 Å². The van der Waals surface area contributed by atoms with Crippen molar-refractivity contribution in [3.05, 3.63) is 29.8 Å². The fourth-order valence-corrected chi connectivity index (χ4v) is 4.43. The Morgan fingerprint density at radius 1 is 1.27 bits per heavy atom. The number of hydrogen-bond acceptors (Lipinski definition) is 6. The van der Waals surface area contributed by atoms with Gasteiger partial charge in [0.05, 0.1) is 26.1 Å². The normalized spacial score (nSPS) is 23.3. The van der Waals surface area contributed by atoms with E-state index >= 15 is 0 Å². The number of carbonyl (C=O) groups excluding carboxylic acids is 3. The average molecular weight is 434 g/mol. The minimum atomic E-state index is -0.247. The lowest BCUT2D eigenvalue weighted by molar-refractivity contribution is -0.149. The first-order valence-corrected chi connectivity index (χ1v) is 10.4. The van der Waals surface area contributed by atoms with E-state index < -0.39 is 0 Å². The number of fused-ring (bicyclic) bond motifs is 1. The Morgan fingerprint density at radius 3 is 2.77 bits per heavy atom. The third-order valence-electron chi connectivity index (χ3n) is 5.75. The van der Waals surface area contributed by atoms with E-state index in [-0.39, 0.29) is 48.6 Å². The van der Waals surface area contributed by atoms with E-state index in [2.05, 4.69) is 10.6 Å². The van der Waals surface area contributed by atoms with Gasteiger partial charge < -0.3 is 20.1 Å². The van der Waals surface area contributed by atoms with Crippen LogP contribution in [0.15, 0.2) is 24.3 Å². The zero-order chi connectivity index (χ0) is 21.7. The van der Waals surface area contributed by atoms with Crippen molar-refractivity contribution < 1.29 is 23.9 Å². The summed E-state index contributed by atoms with van der Waals surface area (Å²) in [7, 11) is 2.96. The number of para-hydroxylation sites is 1. The summed E-state index contributed by atoms with van der Waals surface area (Å²) in [5.74, 6) is -0.246. The van der Waals surface area contributed by atoms with Crippen molar-refractivity contribution in [3.8, 4) is 5.75 Å². The monoisotopic (exact) mass is 433 g/mol. The molecular weight excluding hydrogens is 406 g/mol. The molecule has 0 bridgehead atoms. The average Bonchev–Trinajstić information content (AvgIpc) is 2.76. The first-order valence-electron chi connectivity index (χ1n) is 10.0. The molecule has 30 heavy (non-hydrogen) atoms. The van der Waals surface area contributed by atoms with E-state index in [0.29, 0.717) is 36.7 Å². The molecule has 1 aromatic carbocycles. The molecule has 2 fully saturated rings. The smallest absolute Gasteiger partial charge is 0.308 e. The number of benzene rings is 1. The molecule has 2 amide bonds. The zero-order valence-corrected chi connectivity index (χ0v) is 18.0. The summed E-state index contributed by atoms with van der Waals surface area (Å²) in [4.78, 5) is 38.5. The van der Waals surface area contributed by atoms with Crippen molar-refractivity contribution in [2.24, 2.45) is 11.8 Å². The number of rotatable bonds is 7. The second-order valence-electron chi connectivity index (χ2n) is 7.52. The van der Waals surface area contributed by atoms with Crippen LogP contribution in [0.5, 0.6) is 5.75 Å². The van der Waals surface area contributed by atoms with Crippen LogP contribution in [0.3, 0.4) is 0 Å². The van der Waals surface area contributed by atoms with E-state index in [1.807, 2.05) is 24.3 Å². The number of amides is 2. The fraction of sp³-hybridized carbons (Fsp3) is 0.524. The first kappa shape index (κ1) is 22.0. The van der Waals surface area contributed by atoms with Crippen molar-refractivity contribution >= 4 is 35.1 Å². The van der Waals surface area contributed by atoms with Crippen molar-refractivity contribution in [2.45, 2.75) is 38.3 Å². The highest BCUT2D eigenvalue weighted by atomic mass is 32.1. The third kappa shape index (κ3) is 4.89. The first-order chi connectivity index (χ1) is 14.4. The number of carbonyl (C=O) groups is 3. The topological polar surface area (TPSA) is 97.0 Å². The molecule has 1 heterocycles. The van der Waals surface area contributed by atoms with Crippen molar-refractivity contribution in [3.63, 3.8) is 0 Å². The van der Waals surface area contributed by atoms with E-state index in [4.69, 9.17) is 21.7 Å². The number of nitrogens with zero attached hydrogens (tertiary/aromatic N) is 1. The highest BCUT2D eigenvalue weighted by Crippen LogP contribution is 2.33. The van der Waals surface area contributed by atoms with Gasteiger partial charge in [0.2, 0.25) is 11.8 Å². The summed E-state index contributed by atoms with van der Waals surface area (Å²) >= 11 is 5.36. The molecule has 1 aliphatic heterocycles. The van der Waals surface area contributed by atoms with Gasteiger partial charge in [-0.25, -0.2) is 0 Å². The number of thiocarbonyl (C=S) groups is 1. The van der Waals surface area contributed by atoms with Crippen LogP contribution in [-0.2, 0) is 25.7 Å². The Balaban J connectivity index is 1.51. The van der Waals surface area contributed by atoms with Crippen LogP contribution in [0.25, 0.3) is 0 Å². The summed E-state index contributed by atoms with van der Waals surface area (Å²) in [6, 6.07) is 7.30. The van der Waals surface area contributed by atoms with Crippen molar-refractivity contribution in [1.82, 2.24) is 15.5 Å². The molecule has 3 atom stereocenters. The largest absolute Gasteiger partial charge is 0.496 e. The number of ether oxygens (including phenoxy) is 2. The predicted octanol–water partition coefficient (Wildman–Crippen LogP) is 1.38. The van der Waals surface area contributed by atoms with Gasteiger partial charge in [-0.2, -0.15) is 0 Å². The van der Waals surface area contributed by atoms with Gasteiger partial charge in [-0.1, -0.05) is 18.2 Å². The van der Waals surface area contributed by atoms with Crippen LogP contribution < -0.4 is 15.4 Å². The molecule has 1 aliphatic carbocycles. The molecule has 1 saturated carbocycles. The summed E-state index contributed by atoms with van der Waals surface area (Å²) in [5, 5.41) is 6.35. The van der Waals surface area contributed by atoms with E-state index in [9.17, 15) is 14.4 Å². The van der Waals surface area contributed by atoms with E-state index in [1.165, 1.54) is 12.0 Å². The molecule has 0 radical (unpaired) electrons. The molecule has 3 unspecified atom stereocenters. The minimum Gasteiger partial charge on any atom is -0.496 e. The fourth-order valence-electron chi connectivity index (χ4n) is 4.10. The Labute approximate surface area is 181 Å². The molecule has 1 saturated heterocycles. The Hall–Kier alpha value is -2.68. The van der Waals surface area contributed by atoms with Crippen LogP contribution in [0.4, 0.5) is 0 Å². The van der Waals surface area contributed by atoms with Gasteiger partial charge in [-0.05, 0) is 37.5 Å². The van der Waals surface area contributed by atoms with E-state index in [1.54, 1.807) is 7.11 Å². The lowest BCUT2D eigenvalue weighted by Gasteiger charge is -2.43. The van der Waals surface area contributed by atoms with Crippen LogP contribution in [0, 0.1) is 11.8 Å². The lowest BCUT2D eigenvalue weighted by atomic mass is 9.76.